The van der Waals surface area contributed by atoms with Crippen LogP contribution in [0.3, 0.4) is 0 Å². The number of hydrogen-bond acceptors (Lipinski definition) is 3. The van der Waals surface area contributed by atoms with E-state index >= 15 is 0 Å². The number of fused-ring (bicyclic) bond motifs is 4. The average Bonchev–Trinajstić information content (AvgIpc) is 3.38. The van der Waals surface area contributed by atoms with Gasteiger partial charge in [-0.15, -0.1) is 0 Å². The van der Waals surface area contributed by atoms with Crippen LogP contribution in [0.2, 0.25) is 0 Å². The molecule has 1 aromatic carbocycles. The molecule has 1 saturated heterocycles. The molecule has 0 N–H and O–H groups in total. The van der Waals surface area contributed by atoms with E-state index in [1.807, 2.05) is 12.1 Å². The van der Waals surface area contributed by atoms with Crippen molar-refractivity contribution in [2.45, 2.75) is 44.1 Å². The number of alkyl halides is 3. The summed E-state index contributed by atoms with van der Waals surface area (Å²) in [7, 11) is 0. The Balaban J connectivity index is 1.28. The first-order valence-electron chi connectivity index (χ1n) is 10.5. The molecule has 6 heteroatoms. The van der Waals surface area contributed by atoms with Crippen molar-refractivity contribution in [2.24, 2.45) is 35.0 Å². The SMILES string of the molecule is O=C(O[C@@H]1C2OC[C@@H]2CC12Cc1ccccc1C2)C1C2C=CC(C2)C1C(F)(F)F. The first-order valence-corrected chi connectivity index (χ1v) is 10.5. The zero-order valence-corrected chi connectivity index (χ0v) is 15.9. The smallest absolute Gasteiger partial charge is 0.393 e. The highest BCUT2D eigenvalue weighted by Crippen LogP contribution is 2.58. The molecule has 1 aromatic rings. The van der Waals surface area contributed by atoms with Crippen LogP contribution in [0.25, 0.3) is 0 Å². The van der Waals surface area contributed by atoms with Gasteiger partial charge in [0.15, 0.2) is 0 Å². The maximum atomic E-state index is 13.7. The monoisotopic (exact) mass is 404 g/mol. The van der Waals surface area contributed by atoms with E-state index in [9.17, 15) is 18.0 Å². The molecule has 1 heterocycles. The van der Waals surface area contributed by atoms with Gasteiger partial charge in [-0.05, 0) is 48.6 Å². The molecule has 1 spiro atoms. The maximum Gasteiger partial charge on any atom is 0.393 e. The molecule has 7 atom stereocenters. The number of carbonyl (C=O) groups is 1. The van der Waals surface area contributed by atoms with Gasteiger partial charge in [-0.3, -0.25) is 4.79 Å². The molecule has 29 heavy (non-hydrogen) atoms. The highest BCUT2D eigenvalue weighted by Gasteiger charge is 2.64. The zero-order chi connectivity index (χ0) is 20.0. The summed E-state index contributed by atoms with van der Waals surface area (Å²) in [5.41, 5.74) is 2.27. The van der Waals surface area contributed by atoms with Crippen molar-refractivity contribution in [3.05, 3.63) is 47.5 Å². The summed E-state index contributed by atoms with van der Waals surface area (Å²) < 4.78 is 52.8. The number of benzene rings is 1. The molecule has 0 radical (unpaired) electrons. The summed E-state index contributed by atoms with van der Waals surface area (Å²) in [6.07, 6.45) is 1.29. The van der Waals surface area contributed by atoms with Crippen LogP contribution in [0.15, 0.2) is 36.4 Å². The molecule has 3 fully saturated rings. The highest BCUT2D eigenvalue weighted by atomic mass is 19.4. The van der Waals surface area contributed by atoms with Gasteiger partial charge in [-0.25, -0.2) is 0 Å². The van der Waals surface area contributed by atoms with Crippen molar-refractivity contribution >= 4 is 5.97 Å². The van der Waals surface area contributed by atoms with E-state index in [1.165, 1.54) is 11.1 Å². The Hall–Kier alpha value is -1.82. The highest BCUT2D eigenvalue weighted by molar-refractivity contribution is 5.75. The van der Waals surface area contributed by atoms with Gasteiger partial charge in [0.05, 0.1) is 18.4 Å². The molecule has 2 saturated carbocycles. The molecule has 0 aromatic heterocycles. The molecule has 154 valence electrons. The number of esters is 1. The van der Waals surface area contributed by atoms with E-state index in [4.69, 9.17) is 9.47 Å². The Morgan fingerprint density at radius 3 is 2.41 bits per heavy atom. The lowest BCUT2D eigenvalue weighted by molar-refractivity contribution is -0.211. The first kappa shape index (κ1) is 18.0. The van der Waals surface area contributed by atoms with E-state index < -0.39 is 36.0 Å². The van der Waals surface area contributed by atoms with Gasteiger partial charge in [0.25, 0.3) is 0 Å². The number of allylic oxidation sites excluding steroid dienone is 2. The molecular formula is C23H23F3O3. The lowest BCUT2D eigenvalue weighted by Gasteiger charge is -2.38. The third kappa shape index (κ3) is 2.50. The van der Waals surface area contributed by atoms with E-state index in [1.54, 1.807) is 12.2 Å². The Labute approximate surface area is 167 Å². The molecule has 5 aliphatic rings. The van der Waals surface area contributed by atoms with Gasteiger partial charge >= 0.3 is 12.1 Å². The second-order valence-electron chi connectivity index (χ2n) is 9.65. The number of rotatable bonds is 2. The van der Waals surface area contributed by atoms with E-state index in [-0.39, 0.29) is 17.4 Å². The second kappa shape index (κ2) is 5.87. The summed E-state index contributed by atoms with van der Waals surface area (Å²) in [4.78, 5) is 13.1. The predicted molar refractivity (Wildman–Crippen MR) is 97.8 cm³/mol. The topological polar surface area (TPSA) is 35.5 Å². The fourth-order valence-electron chi connectivity index (χ4n) is 6.89. The second-order valence-corrected chi connectivity index (χ2v) is 9.65. The Morgan fingerprint density at radius 1 is 1.10 bits per heavy atom. The summed E-state index contributed by atoms with van der Waals surface area (Å²) in [5, 5.41) is 0. The van der Waals surface area contributed by atoms with Crippen LogP contribution in [-0.2, 0) is 27.1 Å². The molecule has 3 nitrogen and oxygen atoms in total. The van der Waals surface area contributed by atoms with Crippen LogP contribution >= 0.6 is 0 Å². The van der Waals surface area contributed by atoms with Crippen molar-refractivity contribution in [2.75, 3.05) is 6.61 Å². The number of halogens is 3. The first-order chi connectivity index (χ1) is 13.9. The van der Waals surface area contributed by atoms with Gasteiger partial charge < -0.3 is 9.47 Å². The summed E-state index contributed by atoms with van der Waals surface area (Å²) >= 11 is 0. The molecule has 5 unspecified atom stereocenters. The largest absolute Gasteiger partial charge is 0.459 e. The van der Waals surface area contributed by atoms with Gasteiger partial charge in [0.2, 0.25) is 0 Å². The normalized spacial score (nSPS) is 40.7. The van der Waals surface area contributed by atoms with E-state index in [0.29, 0.717) is 18.9 Å². The molecule has 0 amide bonds. The van der Waals surface area contributed by atoms with E-state index in [2.05, 4.69) is 12.1 Å². The standard InChI is InChI=1S/C23H23F3O3/c24-23(25,26)18-13-6-5-12(7-13)17(18)21(27)29-20-19-16(11-28-19)10-22(20)8-14-3-1-2-4-15(14)9-22/h1-6,12-13,16-20H,7-11H2/t12?,13?,16-,17?,18?,19?,20+/m0/s1. The Kier molecular flexibility index (Phi) is 3.64. The zero-order valence-electron chi connectivity index (χ0n) is 15.9. The molecule has 2 bridgehead atoms. The van der Waals surface area contributed by atoms with Gasteiger partial charge in [-0.2, -0.15) is 13.2 Å². The summed E-state index contributed by atoms with van der Waals surface area (Å²) in [6.45, 7) is 0.652. The van der Waals surface area contributed by atoms with Crippen molar-refractivity contribution < 1.29 is 27.4 Å². The third-order valence-corrected chi connectivity index (χ3v) is 8.09. The average molecular weight is 404 g/mol. The Bertz CT molecular complexity index is 867. The lowest BCUT2D eigenvalue weighted by Crippen LogP contribution is -2.49. The van der Waals surface area contributed by atoms with Crippen LogP contribution < -0.4 is 0 Å². The molecule has 6 rings (SSSR count). The minimum Gasteiger partial charge on any atom is -0.459 e. The van der Waals surface area contributed by atoms with E-state index in [0.717, 1.165) is 19.3 Å². The quantitative estimate of drug-likeness (QED) is 0.550. The van der Waals surface area contributed by atoms with Gasteiger partial charge in [-0.1, -0.05) is 36.4 Å². The van der Waals surface area contributed by atoms with Crippen LogP contribution in [0.1, 0.15) is 24.0 Å². The van der Waals surface area contributed by atoms with Crippen LogP contribution in [-0.4, -0.2) is 31.0 Å². The minimum atomic E-state index is -4.39. The van der Waals surface area contributed by atoms with Crippen molar-refractivity contribution in [3.63, 3.8) is 0 Å². The predicted octanol–water partition coefficient (Wildman–Crippen LogP) is 4.10. The van der Waals surface area contributed by atoms with Crippen LogP contribution in [0.4, 0.5) is 13.2 Å². The van der Waals surface area contributed by atoms with Crippen LogP contribution in [0.5, 0.6) is 0 Å². The van der Waals surface area contributed by atoms with Crippen molar-refractivity contribution in [1.82, 2.24) is 0 Å². The number of carbonyl (C=O) groups excluding carboxylic acids is 1. The summed E-state index contributed by atoms with van der Waals surface area (Å²) in [5.74, 6) is -4.05. The van der Waals surface area contributed by atoms with Gasteiger partial charge in [0, 0.05) is 11.3 Å². The number of hydrogen-bond donors (Lipinski definition) is 0. The molecule has 4 aliphatic carbocycles. The fourth-order valence-corrected chi connectivity index (χ4v) is 6.89. The van der Waals surface area contributed by atoms with Crippen LogP contribution in [0, 0.1) is 35.0 Å². The van der Waals surface area contributed by atoms with Gasteiger partial charge in [0.1, 0.15) is 12.2 Å². The minimum absolute atomic E-state index is 0.174. The number of ether oxygens (including phenoxy) is 2. The molecular weight excluding hydrogens is 381 g/mol. The fraction of sp³-hybridized carbons (Fsp3) is 0.609. The van der Waals surface area contributed by atoms with Crippen molar-refractivity contribution in [3.8, 4) is 0 Å². The lowest BCUT2D eigenvalue weighted by atomic mass is 9.79. The van der Waals surface area contributed by atoms with Crippen molar-refractivity contribution in [1.29, 1.82) is 0 Å². The third-order valence-electron chi connectivity index (χ3n) is 8.09. The Morgan fingerprint density at radius 2 is 1.79 bits per heavy atom. The molecule has 1 aliphatic heterocycles. The maximum absolute atomic E-state index is 13.7. The summed E-state index contributed by atoms with van der Waals surface area (Å²) in [6, 6.07) is 8.22.